The number of hydrogen-bond acceptors (Lipinski definition) is 6. The molecular formula is C9H9NO6. The van der Waals surface area contributed by atoms with Crippen LogP contribution in [0.2, 0.25) is 0 Å². The predicted molar refractivity (Wildman–Crippen MR) is 50.9 cm³/mol. The molecule has 1 aromatic rings. The molecular weight excluding hydrogens is 218 g/mol. The molecule has 1 aromatic carbocycles. The first-order valence-corrected chi connectivity index (χ1v) is 4.12. The molecule has 0 heterocycles. The van der Waals surface area contributed by atoms with Gasteiger partial charge in [0.1, 0.15) is 0 Å². The molecule has 0 aliphatic heterocycles. The fourth-order valence-corrected chi connectivity index (χ4v) is 0.942. The van der Waals surface area contributed by atoms with Crippen molar-refractivity contribution in [1.82, 2.24) is 0 Å². The van der Waals surface area contributed by atoms with Gasteiger partial charge in [0.05, 0.1) is 5.56 Å². The number of ether oxygens (including phenoxy) is 1. The van der Waals surface area contributed by atoms with Crippen LogP contribution in [0.5, 0.6) is 17.2 Å². The second-order valence-electron chi connectivity index (χ2n) is 2.91. The van der Waals surface area contributed by atoms with Crippen LogP contribution in [0, 0.1) is 0 Å². The van der Waals surface area contributed by atoms with Gasteiger partial charge < -0.3 is 25.8 Å². The number of phenols is 3. The topological polar surface area (TPSA) is 130 Å². The molecule has 16 heavy (non-hydrogen) atoms. The third-order valence-electron chi connectivity index (χ3n) is 1.65. The van der Waals surface area contributed by atoms with Gasteiger partial charge in [-0.25, -0.2) is 4.79 Å². The summed E-state index contributed by atoms with van der Waals surface area (Å²) in [4.78, 5) is 21.6. The van der Waals surface area contributed by atoms with Gasteiger partial charge in [-0.15, -0.1) is 0 Å². The van der Waals surface area contributed by atoms with Crippen LogP contribution in [0.25, 0.3) is 0 Å². The number of phenolic OH excluding ortho intramolecular Hbond substituents is 3. The van der Waals surface area contributed by atoms with Gasteiger partial charge >= 0.3 is 5.97 Å². The summed E-state index contributed by atoms with van der Waals surface area (Å²) in [5, 5.41) is 27.2. The molecule has 0 unspecified atom stereocenters. The van der Waals surface area contributed by atoms with Crippen molar-refractivity contribution in [3.05, 3.63) is 17.7 Å². The molecule has 0 spiro atoms. The standard InChI is InChI=1S/C9H9NO6/c10-7(13)3-16-9(15)4-1-5(11)8(14)6(12)2-4/h1-2,11-12,14H,3H2,(H2,10,13). The van der Waals surface area contributed by atoms with Gasteiger partial charge in [-0.2, -0.15) is 0 Å². The van der Waals surface area contributed by atoms with Gasteiger partial charge in [0, 0.05) is 0 Å². The average molecular weight is 227 g/mol. The van der Waals surface area contributed by atoms with Crippen LogP contribution < -0.4 is 5.73 Å². The van der Waals surface area contributed by atoms with E-state index < -0.39 is 35.7 Å². The first-order valence-electron chi connectivity index (χ1n) is 4.12. The maximum absolute atomic E-state index is 11.2. The van der Waals surface area contributed by atoms with Gasteiger partial charge in [0.15, 0.2) is 23.9 Å². The monoisotopic (exact) mass is 227 g/mol. The molecule has 1 amide bonds. The van der Waals surface area contributed by atoms with E-state index >= 15 is 0 Å². The van der Waals surface area contributed by atoms with Crippen LogP contribution in [0.15, 0.2) is 12.1 Å². The molecule has 0 saturated heterocycles. The van der Waals surface area contributed by atoms with E-state index in [0.717, 1.165) is 12.1 Å². The quantitative estimate of drug-likeness (QED) is 0.404. The summed E-state index contributed by atoms with van der Waals surface area (Å²) in [6.07, 6.45) is 0. The zero-order chi connectivity index (χ0) is 12.3. The Hall–Kier alpha value is -2.44. The molecule has 0 aliphatic rings. The SMILES string of the molecule is NC(=O)COC(=O)c1cc(O)c(O)c(O)c1. The highest BCUT2D eigenvalue weighted by Crippen LogP contribution is 2.35. The highest BCUT2D eigenvalue weighted by molar-refractivity contribution is 5.92. The minimum absolute atomic E-state index is 0.214. The zero-order valence-corrected chi connectivity index (χ0v) is 8.01. The summed E-state index contributed by atoms with van der Waals surface area (Å²) in [5.41, 5.74) is 4.53. The lowest BCUT2D eigenvalue weighted by atomic mass is 10.2. The largest absolute Gasteiger partial charge is 0.504 e. The van der Waals surface area contributed by atoms with E-state index in [1.807, 2.05) is 0 Å². The highest BCUT2D eigenvalue weighted by atomic mass is 16.5. The Labute approximate surface area is 89.7 Å². The normalized spacial score (nSPS) is 9.75. The van der Waals surface area contributed by atoms with E-state index in [1.165, 1.54) is 0 Å². The molecule has 7 heteroatoms. The number of carbonyl (C=O) groups is 2. The average Bonchev–Trinajstić information content (AvgIpc) is 2.21. The first-order chi connectivity index (χ1) is 7.41. The Morgan fingerprint density at radius 1 is 1.19 bits per heavy atom. The Bertz CT molecular complexity index is 419. The van der Waals surface area contributed by atoms with Gasteiger partial charge in [-0.05, 0) is 12.1 Å². The minimum atomic E-state index is -0.954. The van der Waals surface area contributed by atoms with Crippen molar-refractivity contribution in [2.75, 3.05) is 6.61 Å². The molecule has 0 aromatic heterocycles. The van der Waals surface area contributed by atoms with E-state index in [1.54, 1.807) is 0 Å². The highest BCUT2D eigenvalue weighted by Gasteiger charge is 2.14. The fraction of sp³-hybridized carbons (Fsp3) is 0.111. The third-order valence-corrected chi connectivity index (χ3v) is 1.65. The summed E-state index contributed by atoms with van der Waals surface area (Å²) in [7, 11) is 0. The van der Waals surface area contributed by atoms with Crippen LogP contribution in [0.1, 0.15) is 10.4 Å². The second-order valence-corrected chi connectivity index (χ2v) is 2.91. The van der Waals surface area contributed by atoms with Crippen LogP contribution in [0.3, 0.4) is 0 Å². The van der Waals surface area contributed by atoms with Crippen LogP contribution in [-0.4, -0.2) is 33.8 Å². The smallest absolute Gasteiger partial charge is 0.338 e. The van der Waals surface area contributed by atoms with E-state index in [0.29, 0.717) is 0 Å². The summed E-state index contributed by atoms with van der Waals surface area (Å²) in [6, 6.07) is 1.77. The lowest BCUT2D eigenvalue weighted by Crippen LogP contribution is -2.20. The first kappa shape index (κ1) is 11.6. The second kappa shape index (κ2) is 4.39. The molecule has 0 saturated carbocycles. The van der Waals surface area contributed by atoms with Gasteiger partial charge in [-0.1, -0.05) is 0 Å². The maximum Gasteiger partial charge on any atom is 0.338 e. The number of primary amides is 1. The molecule has 7 nitrogen and oxygen atoms in total. The predicted octanol–water partition coefficient (Wildman–Crippen LogP) is -0.554. The van der Waals surface area contributed by atoms with Gasteiger partial charge in [-0.3, -0.25) is 4.79 Å². The van der Waals surface area contributed by atoms with Crippen molar-refractivity contribution in [3.8, 4) is 17.2 Å². The van der Waals surface area contributed by atoms with Crippen LogP contribution >= 0.6 is 0 Å². The molecule has 0 aliphatic carbocycles. The molecule has 86 valence electrons. The Balaban J connectivity index is 2.88. The van der Waals surface area contributed by atoms with E-state index in [9.17, 15) is 9.59 Å². The number of carbonyl (C=O) groups excluding carboxylic acids is 2. The number of nitrogens with two attached hydrogens (primary N) is 1. The number of hydrogen-bond donors (Lipinski definition) is 4. The third kappa shape index (κ3) is 2.53. The van der Waals surface area contributed by atoms with Crippen molar-refractivity contribution in [3.63, 3.8) is 0 Å². The van der Waals surface area contributed by atoms with E-state index in [-0.39, 0.29) is 5.56 Å². The summed E-state index contributed by atoms with van der Waals surface area (Å²) in [5.74, 6) is -3.88. The van der Waals surface area contributed by atoms with E-state index in [2.05, 4.69) is 4.74 Å². The fourth-order valence-electron chi connectivity index (χ4n) is 0.942. The summed E-state index contributed by atoms with van der Waals surface area (Å²) >= 11 is 0. The van der Waals surface area contributed by atoms with Crippen LogP contribution in [-0.2, 0) is 9.53 Å². The molecule has 1 rings (SSSR count). The minimum Gasteiger partial charge on any atom is -0.504 e. The Morgan fingerprint density at radius 2 is 1.69 bits per heavy atom. The molecule has 0 atom stereocenters. The summed E-state index contributed by atoms with van der Waals surface area (Å²) in [6.45, 7) is -0.610. The lowest BCUT2D eigenvalue weighted by Gasteiger charge is -2.05. The Kier molecular flexibility index (Phi) is 3.19. The number of esters is 1. The maximum atomic E-state index is 11.2. The Morgan fingerprint density at radius 3 is 2.12 bits per heavy atom. The number of amides is 1. The van der Waals surface area contributed by atoms with Crippen molar-refractivity contribution in [2.24, 2.45) is 5.73 Å². The van der Waals surface area contributed by atoms with Gasteiger partial charge in [0.2, 0.25) is 0 Å². The molecule has 5 N–H and O–H groups in total. The number of aromatic hydroxyl groups is 3. The van der Waals surface area contributed by atoms with E-state index in [4.69, 9.17) is 21.1 Å². The van der Waals surface area contributed by atoms with Crippen molar-refractivity contribution in [2.45, 2.75) is 0 Å². The molecule has 0 bridgehead atoms. The number of rotatable bonds is 3. The van der Waals surface area contributed by atoms with Gasteiger partial charge in [0.25, 0.3) is 5.91 Å². The lowest BCUT2D eigenvalue weighted by molar-refractivity contribution is -0.121. The summed E-state index contributed by atoms with van der Waals surface area (Å²) < 4.78 is 4.42. The van der Waals surface area contributed by atoms with Crippen molar-refractivity contribution < 1.29 is 29.6 Å². The molecule has 0 fully saturated rings. The number of benzene rings is 1. The zero-order valence-electron chi connectivity index (χ0n) is 8.01. The van der Waals surface area contributed by atoms with Crippen molar-refractivity contribution >= 4 is 11.9 Å². The molecule has 0 radical (unpaired) electrons. The van der Waals surface area contributed by atoms with Crippen LogP contribution in [0.4, 0.5) is 0 Å². The van der Waals surface area contributed by atoms with Crippen molar-refractivity contribution in [1.29, 1.82) is 0 Å².